The molecule has 12 heavy (non-hydrogen) atoms. The fourth-order valence-electron chi connectivity index (χ4n) is 1.06. The maximum Gasteiger partial charge on any atom is 0.0496 e. The van der Waals surface area contributed by atoms with Crippen LogP contribution in [-0.4, -0.2) is 20.4 Å². The molecule has 0 fully saturated rings. The van der Waals surface area contributed by atoms with Gasteiger partial charge in [-0.05, 0) is 24.5 Å². The van der Waals surface area contributed by atoms with Crippen LogP contribution in [0.5, 0.6) is 0 Å². The third-order valence-corrected chi connectivity index (χ3v) is 2.55. The first-order chi connectivity index (χ1) is 5.81. The SMILES string of the molecule is CNc1ccc(SC)c(NC)c1. The number of anilines is 2. The summed E-state index contributed by atoms with van der Waals surface area (Å²) < 4.78 is 0. The minimum atomic E-state index is 1.14. The molecule has 0 heterocycles. The molecule has 0 radical (unpaired) electrons. The van der Waals surface area contributed by atoms with Crippen molar-refractivity contribution >= 4 is 23.1 Å². The highest BCUT2D eigenvalue weighted by molar-refractivity contribution is 7.98. The van der Waals surface area contributed by atoms with E-state index >= 15 is 0 Å². The molecule has 0 aliphatic carbocycles. The number of nitrogens with one attached hydrogen (secondary N) is 2. The van der Waals surface area contributed by atoms with Crippen molar-refractivity contribution in [3.63, 3.8) is 0 Å². The molecule has 2 N–H and O–H groups in total. The van der Waals surface area contributed by atoms with E-state index in [0.29, 0.717) is 0 Å². The Hall–Kier alpha value is -0.830. The van der Waals surface area contributed by atoms with Crippen LogP contribution in [0.25, 0.3) is 0 Å². The Bertz CT molecular complexity index is 261. The molecule has 1 rings (SSSR count). The van der Waals surface area contributed by atoms with E-state index in [9.17, 15) is 0 Å². The van der Waals surface area contributed by atoms with Gasteiger partial charge in [0.25, 0.3) is 0 Å². The molecule has 1 aromatic rings. The summed E-state index contributed by atoms with van der Waals surface area (Å²) in [4.78, 5) is 1.27. The molecule has 3 heteroatoms. The quantitative estimate of drug-likeness (QED) is 0.702. The molecule has 0 spiro atoms. The van der Waals surface area contributed by atoms with Crippen LogP contribution >= 0.6 is 11.8 Å². The normalized spacial score (nSPS) is 9.58. The van der Waals surface area contributed by atoms with Gasteiger partial charge in [-0.25, -0.2) is 0 Å². The molecular weight excluding hydrogens is 168 g/mol. The Morgan fingerprint density at radius 1 is 1.17 bits per heavy atom. The summed E-state index contributed by atoms with van der Waals surface area (Å²) in [6.45, 7) is 0. The smallest absolute Gasteiger partial charge is 0.0496 e. The van der Waals surface area contributed by atoms with Crippen LogP contribution in [0.3, 0.4) is 0 Å². The van der Waals surface area contributed by atoms with Gasteiger partial charge in [-0.3, -0.25) is 0 Å². The van der Waals surface area contributed by atoms with Gasteiger partial charge in [-0.15, -0.1) is 11.8 Å². The van der Waals surface area contributed by atoms with E-state index in [4.69, 9.17) is 0 Å². The zero-order chi connectivity index (χ0) is 8.97. The molecule has 0 aliphatic rings. The van der Waals surface area contributed by atoms with E-state index in [0.717, 1.165) is 5.69 Å². The minimum Gasteiger partial charge on any atom is -0.388 e. The van der Waals surface area contributed by atoms with Gasteiger partial charge >= 0.3 is 0 Å². The highest BCUT2D eigenvalue weighted by Crippen LogP contribution is 2.27. The summed E-state index contributed by atoms with van der Waals surface area (Å²) in [5, 5.41) is 6.26. The molecule has 0 unspecified atom stereocenters. The van der Waals surface area contributed by atoms with Gasteiger partial charge in [0.2, 0.25) is 0 Å². The Kier molecular flexibility index (Phi) is 3.29. The monoisotopic (exact) mass is 182 g/mol. The van der Waals surface area contributed by atoms with Gasteiger partial charge in [0.05, 0.1) is 0 Å². The molecule has 66 valence electrons. The zero-order valence-corrected chi connectivity index (χ0v) is 8.46. The largest absolute Gasteiger partial charge is 0.388 e. The van der Waals surface area contributed by atoms with Crippen LogP contribution in [0, 0.1) is 0 Å². The van der Waals surface area contributed by atoms with E-state index in [-0.39, 0.29) is 0 Å². The van der Waals surface area contributed by atoms with Crippen molar-refractivity contribution in [3.8, 4) is 0 Å². The number of benzene rings is 1. The van der Waals surface area contributed by atoms with Gasteiger partial charge in [0.1, 0.15) is 0 Å². The molecule has 0 bridgehead atoms. The fourth-order valence-corrected chi connectivity index (χ4v) is 1.64. The summed E-state index contributed by atoms with van der Waals surface area (Å²) in [5.74, 6) is 0. The zero-order valence-electron chi connectivity index (χ0n) is 7.64. The first kappa shape index (κ1) is 9.26. The second kappa shape index (κ2) is 4.26. The van der Waals surface area contributed by atoms with Crippen LogP contribution in [0.1, 0.15) is 0 Å². The van der Waals surface area contributed by atoms with Crippen molar-refractivity contribution in [3.05, 3.63) is 18.2 Å². The van der Waals surface area contributed by atoms with E-state index in [1.165, 1.54) is 10.6 Å². The average molecular weight is 182 g/mol. The summed E-state index contributed by atoms with van der Waals surface area (Å²) in [6.07, 6.45) is 2.08. The van der Waals surface area contributed by atoms with Gasteiger partial charge < -0.3 is 10.6 Å². The van der Waals surface area contributed by atoms with Gasteiger partial charge in [-0.2, -0.15) is 0 Å². The van der Waals surface area contributed by atoms with Crippen LogP contribution in [-0.2, 0) is 0 Å². The van der Waals surface area contributed by atoms with Crippen molar-refractivity contribution < 1.29 is 0 Å². The lowest BCUT2D eigenvalue weighted by atomic mass is 10.3. The molecule has 0 atom stereocenters. The average Bonchev–Trinajstić information content (AvgIpc) is 2.16. The van der Waals surface area contributed by atoms with Gasteiger partial charge in [0.15, 0.2) is 0 Å². The van der Waals surface area contributed by atoms with E-state index in [2.05, 4.69) is 35.1 Å². The second-order valence-corrected chi connectivity index (χ2v) is 3.26. The van der Waals surface area contributed by atoms with Crippen molar-refractivity contribution in [1.29, 1.82) is 0 Å². The van der Waals surface area contributed by atoms with Crippen LogP contribution in [0.4, 0.5) is 11.4 Å². The molecule has 2 nitrogen and oxygen atoms in total. The summed E-state index contributed by atoms with van der Waals surface area (Å²) in [6, 6.07) is 6.29. The lowest BCUT2D eigenvalue weighted by molar-refractivity contribution is 1.37. The molecule has 0 amide bonds. The van der Waals surface area contributed by atoms with E-state index in [1.54, 1.807) is 11.8 Å². The standard InChI is InChI=1S/C9H14N2S/c1-10-7-4-5-9(12-3)8(6-7)11-2/h4-6,10-11H,1-3H3. The van der Waals surface area contributed by atoms with Crippen molar-refractivity contribution in [2.45, 2.75) is 4.90 Å². The first-order valence-corrected chi connectivity index (χ1v) is 5.08. The molecule has 0 aromatic heterocycles. The number of hydrogen-bond acceptors (Lipinski definition) is 3. The van der Waals surface area contributed by atoms with Crippen molar-refractivity contribution in [2.24, 2.45) is 0 Å². The predicted octanol–water partition coefficient (Wildman–Crippen LogP) is 2.49. The topological polar surface area (TPSA) is 24.1 Å². The fraction of sp³-hybridized carbons (Fsp3) is 0.333. The number of thioether (sulfide) groups is 1. The molecule has 0 saturated carbocycles. The Morgan fingerprint density at radius 3 is 2.42 bits per heavy atom. The third-order valence-electron chi connectivity index (χ3n) is 1.76. The highest BCUT2D eigenvalue weighted by Gasteiger charge is 1.99. The van der Waals surface area contributed by atoms with Gasteiger partial charge in [-0.1, -0.05) is 0 Å². The summed E-state index contributed by atoms with van der Waals surface area (Å²) in [5.41, 5.74) is 2.31. The summed E-state index contributed by atoms with van der Waals surface area (Å²) >= 11 is 1.75. The summed E-state index contributed by atoms with van der Waals surface area (Å²) in [7, 11) is 3.86. The third kappa shape index (κ3) is 1.85. The Morgan fingerprint density at radius 2 is 1.92 bits per heavy atom. The van der Waals surface area contributed by atoms with E-state index in [1.807, 2.05) is 14.1 Å². The number of rotatable bonds is 3. The van der Waals surface area contributed by atoms with Crippen molar-refractivity contribution in [2.75, 3.05) is 31.0 Å². The van der Waals surface area contributed by atoms with Gasteiger partial charge in [0, 0.05) is 30.4 Å². The van der Waals surface area contributed by atoms with Crippen molar-refractivity contribution in [1.82, 2.24) is 0 Å². The van der Waals surface area contributed by atoms with Crippen LogP contribution in [0.2, 0.25) is 0 Å². The lowest BCUT2D eigenvalue weighted by Gasteiger charge is -2.08. The predicted molar refractivity (Wildman–Crippen MR) is 57.3 cm³/mol. The molecule has 0 saturated heterocycles. The molecule has 0 aliphatic heterocycles. The molecule has 1 aromatic carbocycles. The maximum atomic E-state index is 3.16. The first-order valence-electron chi connectivity index (χ1n) is 3.85. The van der Waals surface area contributed by atoms with E-state index < -0.39 is 0 Å². The number of hydrogen-bond donors (Lipinski definition) is 2. The second-order valence-electron chi connectivity index (χ2n) is 2.42. The van der Waals surface area contributed by atoms with Crippen LogP contribution < -0.4 is 10.6 Å². The molecular formula is C9H14N2S. The minimum absolute atomic E-state index is 1.14. The van der Waals surface area contributed by atoms with Crippen LogP contribution in [0.15, 0.2) is 23.1 Å². The lowest BCUT2D eigenvalue weighted by Crippen LogP contribution is -1.93. The maximum absolute atomic E-state index is 3.16. The Balaban J connectivity index is 3.02. The Labute approximate surface area is 77.7 Å². The highest BCUT2D eigenvalue weighted by atomic mass is 32.2.